The molecule has 0 radical (unpaired) electrons. The number of methoxy groups -OCH3 is 1. The summed E-state index contributed by atoms with van der Waals surface area (Å²) in [4.78, 5) is 12.0. The van der Waals surface area contributed by atoms with Gasteiger partial charge in [-0.05, 0) is 36.4 Å². The van der Waals surface area contributed by atoms with Crippen LogP contribution in [0.2, 0.25) is 0 Å². The van der Waals surface area contributed by atoms with Crippen LogP contribution >= 0.6 is 31.9 Å². The number of benzene rings is 2. The molecule has 1 N–H and O–H groups in total. The minimum atomic E-state index is -0.811. The molecule has 1 unspecified atom stereocenters. The topological polar surface area (TPSA) is 38.3 Å². The number of hydrogen-bond acceptors (Lipinski definition) is 3. The van der Waals surface area contributed by atoms with Crippen molar-refractivity contribution in [1.82, 2.24) is 0 Å². The molecule has 0 bridgehead atoms. The van der Waals surface area contributed by atoms with Crippen molar-refractivity contribution in [2.24, 2.45) is 0 Å². The third-order valence-corrected chi connectivity index (χ3v) is 4.06. The SMILES string of the molecule is COC(=O)C(Nc1cccc(Br)c1)c1cc(F)ccc1Br. The summed E-state index contributed by atoms with van der Waals surface area (Å²) in [6.07, 6.45) is 0. The van der Waals surface area contributed by atoms with E-state index in [4.69, 9.17) is 4.74 Å². The molecule has 2 aromatic carbocycles. The maximum atomic E-state index is 13.5. The first-order valence-electron chi connectivity index (χ1n) is 6.06. The number of esters is 1. The second-order valence-corrected chi connectivity index (χ2v) is 6.05. The minimum absolute atomic E-state index is 0.418. The number of ether oxygens (including phenoxy) is 1. The molecule has 0 aromatic heterocycles. The zero-order valence-electron chi connectivity index (χ0n) is 11.1. The highest BCUT2D eigenvalue weighted by atomic mass is 79.9. The Morgan fingerprint density at radius 2 is 2.00 bits per heavy atom. The maximum absolute atomic E-state index is 13.5. The van der Waals surface area contributed by atoms with E-state index < -0.39 is 17.8 Å². The van der Waals surface area contributed by atoms with Crippen molar-refractivity contribution < 1.29 is 13.9 Å². The van der Waals surface area contributed by atoms with Gasteiger partial charge in [-0.1, -0.05) is 37.9 Å². The summed E-state index contributed by atoms with van der Waals surface area (Å²) in [5.41, 5.74) is 1.19. The first kappa shape index (κ1) is 16.0. The average molecular weight is 417 g/mol. The second-order valence-electron chi connectivity index (χ2n) is 4.28. The van der Waals surface area contributed by atoms with E-state index in [1.807, 2.05) is 24.3 Å². The fourth-order valence-corrected chi connectivity index (χ4v) is 2.74. The van der Waals surface area contributed by atoms with Gasteiger partial charge >= 0.3 is 5.97 Å². The number of anilines is 1. The maximum Gasteiger partial charge on any atom is 0.333 e. The molecule has 0 aliphatic rings. The van der Waals surface area contributed by atoms with E-state index in [1.54, 1.807) is 6.07 Å². The standard InChI is InChI=1S/C15H12Br2FNO2/c1-21-15(20)14(12-8-10(18)5-6-13(12)17)19-11-4-2-3-9(16)7-11/h2-8,14,19H,1H3. The van der Waals surface area contributed by atoms with E-state index in [9.17, 15) is 9.18 Å². The summed E-state index contributed by atoms with van der Waals surface area (Å²) < 4.78 is 19.8. The number of nitrogens with one attached hydrogen (secondary N) is 1. The Balaban J connectivity index is 2.39. The average Bonchev–Trinajstić information content (AvgIpc) is 2.47. The molecule has 21 heavy (non-hydrogen) atoms. The van der Waals surface area contributed by atoms with Crippen LogP contribution < -0.4 is 5.32 Å². The third kappa shape index (κ3) is 4.04. The molecule has 2 rings (SSSR count). The number of carbonyl (C=O) groups is 1. The molecule has 0 heterocycles. The lowest BCUT2D eigenvalue weighted by Gasteiger charge is -2.19. The molecule has 0 saturated carbocycles. The van der Waals surface area contributed by atoms with E-state index in [2.05, 4.69) is 37.2 Å². The van der Waals surface area contributed by atoms with E-state index in [-0.39, 0.29) is 0 Å². The van der Waals surface area contributed by atoms with Crippen molar-refractivity contribution in [3.63, 3.8) is 0 Å². The number of hydrogen-bond donors (Lipinski definition) is 1. The molecule has 0 saturated heterocycles. The quantitative estimate of drug-likeness (QED) is 0.735. The van der Waals surface area contributed by atoms with Crippen molar-refractivity contribution >= 4 is 43.5 Å². The highest BCUT2D eigenvalue weighted by molar-refractivity contribution is 9.10. The van der Waals surface area contributed by atoms with Gasteiger partial charge in [0.15, 0.2) is 6.04 Å². The van der Waals surface area contributed by atoms with Crippen molar-refractivity contribution in [2.45, 2.75) is 6.04 Å². The normalized spacial score (nSPS) is 11.8. The highest BCUT2D eigenvalue weighted by Gasteiger charge is 2.24. The van der Waals surface area contributed by atoms with Gasteiger partial charge in [-0.3, -0.25) is 0 Å². The van der Waals surface area contributed by atoms with Gasteiger partial charge in [0.2, 0.25) is 0 Å². The Morgan fingerprint density at radius 1 is 1.24 bits per heavy atom. The lowest BCUT2D eigenvalue weighted by Crippen LogP contribution is -2.23. The van der Waals surface area contributed by atoms with Gasteiger partial charge < -0.3 is 10.1 Å². The van der Waals surface area contributed by atoms with E-state index in [0.717, 1.165) is 10.2 Å². The molecule has 6 heteroatoms. The van der Waals surface area contributed by atoms with Gasteiger partial charge in [0.25, 0.3) is 0 Å². The van der Waals surface area contributed by atoms with Gasteiger partial charge in [0, 0.05) is 20.2 Å². The largest absolute Gasteiger partial charge is 0.467 e. The molecule has 0 amide bonds. The zero-order chi connectivity index (χ0) is 15.4. The summed E-state index contributed by atoms with van der Waals surface area (Å²) in [7, 11) is 1.30. The molecule has 0 aliphatic heterocycles. The Kier molecular flexibility index (Phi) is 5.36. The van der Waals surface area contributed by atoms with E-state index >= 15 is 0 Å². The van der Waals surface area contributed by atoms with Gasteiger partial charge in [0.1, 0.15) is 5.82 Å². The third-order valence-electron chi connectivity index (χ3n) is 2.84. The lowest BCUT2D eigenvalue weighted by molar-refractivity contribution is -0.141. The van der Waals surface area contributed by atoms with Gasteiger partial charge in [-0.25, -0.2) is 9.18 Å². The molecule has 0 spiro atoms. The fourth-order valence-electron chi connectivity index (χ4n) is 1.86. The van der Waals surface area contributed by atoms with Crippen molar-refractivity contribution in [1.29, 1.82) is 0 Å². The van der Waals surface area contributed by atoms with E-state index in [0.29, 0.717) is 10.0 Å². The van der Waals surface area contributed by atoms with Crippen LogP contribution in [0.3, 0.4) is 0 Å². The van der Waals surface area contributed by atoms with Gasteiger partial charge in [-0.15, -0.1) is 0 Å². The minimum Gasteiger partial charge on any atom is -0.467 e. The summed E-state index contributed by atoms with van der Waals surface area (Å²) >= 11 is 6.70. The molecule has 2 aromatic rings. The summed E-state index contributed by atoms with van der Waals surface area (Å²) in [6, 6.07) is 10.7. The monoisotopic (exact) mass is 415 g/mol. The molecular weight excluding hydrogens is 405 g/mol. The van der Waals surface area contributed by atoms with E-state index in [1.165, 1.54) is 19.2 Å². The predicted molar refractivity (Wildman–Crippen MR) is 86.6 cm³/mol. The van der Waals surface area contributed by atoms with Crippen LogP contribution in [-0.2, 0) is 9.53 Å². The number of carbonyl (C=O) groups excluding carboxylic acids is 1. The van der Waals surface area contributed by atoms with Crippen LogP contribution in [0.5, 0.6) is 0 Å². The Labute approximate surface area is 138 Å². The summed E-state index contributed by atoms with van der Waals surface area (Å²) in [6.45, 7) is 0. The molecule has 3 nitrogen and oxygen atoms in total. The highest BCUT2D eigenvalue weighted by Crippen LogP contribution is 2.29. The molecule has 0 aliphatic carbocycles. The molecular formula is C15H12Br2FNO2. The molecule has 110 valence electrons. The smallest absolute Gasteiger partial charge is 0.333 e. The van der Waals surface area contributed by atoms with Crippen LogP contribution in [0, 0.1) is 5.82 Å². The van der Waals surface area contributed by atoms with Crippen molar-refractivity contribution in [3.8, 4) is 0 Å². The Morgan fingerprint density at radius 3 is 2.67 bits per heavy atom. The first-order chi connectivity index (χ1) is 10.0. The van der Waals surface area contributed by atoms with Crippen LogP contribution in [0.1, 0.15) is 11.6 Å². The van der Waals surface area contributed by atoms with Crippen LogP contribution in [0.15, 0.2) is 51.4 Å². The van der Waals surface area contributed by atoms with Gasteiger partial charge in [0.05, 0.1) is 7.11 Å². The van der Waals surface area contributed by atoms with Crippen LogP contribution in [0.25, 0.3) is 0 Å². The fraction of sp³-hybridized carbons (Fsp3) is 0.133. The number of halogens is 3. The second kappa shape index (κ2) is 7.04. The number of rotatable bonds is 4. The zero-order valence-corrected chi connectivity index (χ0v) is 14.2. The summed E-state index contributed by atoms with van der Waals surface area (Å²) in [5.74, 6) is -0.917. The predicted octanol–water partition coefficient (Wildman–Crippen LogP) is 4.68. The Hall–Kier alpha value is -1.40. The van der Waals surface area contributed by atoms with Gasteiger partial charge in [-0.2, -0.15) is 0 Å². The molecule has 0 fully saturated rings. The first-order valence-corrected chi connectivity index (χ1v) is 7.64. The molecule has 1 atom stereocenters. The Bertz CT molecular complexity index is 664. The van der Waals surface area contributed by atoms with Crippen LogP contribution in [-0.4, -0.2) is 13.1 Å². The van der Waals surface area contributed by atoms with Crippen molar-refractivity contribution in [2.75, 3.05) is 12.4 Å². The van der Waals surface area contributed by atoms with Crippen molar-refractivity contribution in [3.05, 3.63) is 62.8 Å². The summed E-state index contributed by atoms with van der Waals surface area (Å²) in [5, 5.41) is 3.05. The van der Waals surface area contributed by atoms with Crippen LogP contribution in [0.4, 0.5) is 10.1 Å². The lowest BCUT2D eigenvalue weighted by atomic mass is 10.1.